The number of carbonyl (C=O) groups excluding carboxylic acids is 3. The van der Waals surface area contributed by atoms with Gasteiger partial charge in [0.2, 0.25) is 11.8 Å². The molecule has 5 rings (SSSR count). The molecule has 1 saturated heterocycles. The Morgan fingerprint density at radius 1 is 1.00 bits per heavy atom. The molecule has 14 heteroatoms. The molecule has 2 amide bonds. The van der Waals surface area contributed by atoms with Gasteiger partial charge < -0.3 is 29.2 Å². The van der Waals surface area contributed by atoms with Crippen molar-refractivity contribution < 1.29 is 46.5 Å². The fourth-order valence-corrected chi connectivity index (χ4v) is 6.74. The second kappa shape index (κ2) is 14.4. The number of hydrogen-bond acceptors (Lipinski definition) is 9. The standard InChI is InChI=1S/C36H49F3N4O7/c1-8-22-27-18-43(28(22)32(45)50-35(5,6)7)31(44)29(34(2,3)4)42-33(46)49-26-16-20(26)12-10-9-11-13-24-30(48-27)41-25-17-21(14-15-23(25)40-24)47-19-36(37,38)39/h14-15,17,20,22,26-29H,8-13,16,18-19H2,1-7H3,(H,42,46). The van der Waals surface area contributed by atoms with Crippen LogP contribution in [0.15, 0.2) is 18.2 Å². The lowest BCUT2D eigenvalue weighted by atomic mass is 9.85. The van der Waals surface area contributed by atoms with E-state index >= 15 is 0 Å². The first-order chi connectivity index (χ1) is 23.3. The molecule has 2 aromatic rings. The van der Waals surface area contributed by atoms with Gasteiger partial charge >= 0.3 is 18.2 Å². The maximum absolute atomic E-state index is 14.5. The summed E-state index contributed by atoms with van der Waals surface area (Å²) in [5, 5.41) is 2.80. The summed E-state index contributed by atoms with van der Waals surface area (Å²) >= 11 is 0. The van der Waals surface area contributed by atoms with Crippen LogP contribution in [0.5, 0.6) is 11.6 Å². The Hall–Kier alpha value is -3.84. The molecule has 1 saturated carbocycles. The number of esters is 1. The Balaban J connectivity index is 1.55. The van der Waals surface area contributed by atoms with Crippen molar-refractivity contribution in [1.29, 1.82) is 0 Å². The number of carbonyl (C=O) groups is 3. The second-order valence-corrected chi connectivity index (χ2v) is 15.7. The lowest BCUT2D eigenvalue weighted by molar-refractivity contribution is -0.165. The predicted octanol–water partition coefficient (Wildman–Crippen LogP) is 6.54. The molecule has 50 heavy (non-hydrogen) atoms. The number of fused-ring (bicyclic) bond motifs is 5. The van der Waals surface area contributed by atoms with E-state index in [1.54, 1.807) is 26.8 Å². The van der Waals surface area contributed by atoms with E-state index in [0.29, 0.717) is 24.1 Å². The van der Waals surface area contributed by atoms with Gasteiger partial charge in [-0.3, -0.25) is 4.79 Å². The first kappa shape index (κ1) is 37.4. The van der Waals surface area contributed by atoms with Gasteiger partial charge in [-0.1, -0.05) is 40.5 Å². The average Bonchev–Trinajstić information content (AvgIpc) is 3.62. The monoisotopic (exact) mass is 706 g/mol. The molecule has 6 unspecified atom stereocenters. The van der Waals surface area contributed by atoms with E-state index in [4.69, 9.17) is 28.9 Å². The second-order valence-electron chi connectivity index (χ2n) is 15.7. The Labute approximate surface area is 290 Å². The third kappa shape index (κ3) is 9.28. The number of alkyl halides is 3. The number of rotatable bonds is 4. The van der Waals surface area contributed by atoms with Crippen molar-refractivity contribution in [1.82, 2.24) is 20.2 Å². The number of aryl methyl sites for hydroxylation is 1. The van der Waals surface area contributed by atoms with E-state index in [1.807, 2.05) is 27.7 Å². The number of hydrogen-bond donors (Lipinski definition) is 1. The molecule has 0 spiro atoms. The predicted molar refractivity (Wildman–Crippen MR) is 178 cm³/mol. The number of halogens is 3. The van der Waals surface area contributed by atoms with Crippen LogP contribution in [0, 0.1) is 17.3 Å². The zero-order valence-electron chi connectivity index (χ0n) is 29.9. The molecular formula is C36H49F3N4O7. The van der Waals surface area contributed by atoms with E-state index in [1.165, 1.54) is 17.0 Å². The van der Waals surface area contributed by atoms with Gasteiger partial charge in [0, 0.05) is 12.0 Å². The topological polar surface area (TPSA) is 129 Å². The van der Waals surface area contributed by atoms with Gasteiger partial charge in [-0.15, -0.1) is 0 Å². The van der Waals surface area contributed by atoms with Gasteiger partial charge in [-0.25, -0.2) is 19.6 Å². The fourth-order valence-electron chi connectivity index (χ4n) is 6.74. The maximum Gasteiger partial charge on any atom is 0.422 e. The van der Waals surface area contributed by atoms with E-state index in [-0.39, 0.29) is 35.7 Å². The molecule has 6 atom stereocenters. The van der Waals surface area contributed by atoms with Gasteiger partial charge in [0.05, 0.1) is 17.6 Å². The minimum absolute atomic E-state index is 0.0108. The number of benzene rings is 1. The largest absolute Gasteiger partial charge is 0.484 e. The Morgan fingerprint density at radius 2 is 1.74 bits per heavy atom. The van der Waals surface area contributed by atoms with Crippen molar-refractivity contribution in [3.05, 3.63) is 23.9 Å². The normalized spacial score (nSPS) is 26.8. The van der Waals surface area contributed by atoms with Crippen LogP contribution in [0.25, 0.3) is 11.0 Å². The van der Waals surface area contributed by atoms with Crippen molar-refractivity contribution in [3.63, 3.8) is 0 Å². The zero-order chi connectivity index (χ0) is 36.6. The molecule has 276 valence electrons. The van der Waals surface area contributed by atoms with Crippen LogP contribution in [-0.4, -0.2) is 82.1 Å². The minimum Gasteiger partial charge on any atom is -0.484 e. The Kier molecular flexibility index (Phi) is 10.8. The van der Waals surface area contributed by atoms with Crippen molar-refractivity contribution >= 4 is 29.0 Å². The molecule has 2 aliphatic heterocycles. The molecule has 3 aliphatic rings. The smallest absolute Gasteiger partial charge is 0.422 e. The van der Waals surface area contributed by atoms with Crippen LogP contribution in [0.4, 0.5) is 18.0 Å². The van der Waals surface area contributed by atoms with Gasteiger partial charge in [0.25, 0.3) is 0 Å². The lowest BCUT2D eigenvalue weighted by Gasteiger charge is -2.36. The highest BCUT2D eigenvalue weighted by molar-refractivity contribution is 5.91. The van der Waals surface area contributed by atoms with Crippen molar-refractivity contribution in [3.8, 4) is 11.6 Å². The lowest BCUT2D eigenvalue weighted by Crippen LogP contribution is -2.58. The summed E-state index contributed by atoms with van der Waals surface area (Å²) in [5.74, 6) is -1.18. The van der Waals surface area contributed by atoms with E-state index < -0.39 is 65.9 Å². The average molecular weight is 707 g/mol. The van der Waals surface area contributed by atoms with Crippen LogP contribution in [-0.2, 0) is 25.5 Å². The minimum atomic E-state index is -4.51. The van der Waals surface area contributed by atoms with Gasteiger partial charge in [0.15, 0.2) is 6.61 Å². The van der Waals surface area contributed by atoms with Gasteiger partial charge in [-0.2, -0.15) is 13.2 Å². The van der Waals surface area contributed by atoms with Crippen molar-refractivity contribution in [2.24, 2.45) is 17.3 Å². The quantitative estimate of drug-likeness (QED) is 0.353. The Bertz CT molecular complexity index is 1570. The number of nitrogens with one attached hydrogen (secondary N) is 1. The molecule has 1 aliphatic carbocycles. The van der Waals surface area contributed by atoms with E-state index in [9.17, 15) is 27.6 Å². The van der Waals surface area contributed by atoms with Crippen LogP contribution >= 0.6 is 0 Å². The molecule has 1 N–H and O–H groups in total. The molecule has 11 nitrogen and oxygen atoms in total. The third-order valence-corrected chi connectivity index (χ3v) is 9.31. The molecule has 1 aromatic carbocycles. The van der Waals surface area contributed by atoms with Crippen LogP contribution < -0.4 is 14.8 Å². The summed E-state index contributed by atoms with van der Waals surface area (Å²) in [7, 11) is 0. The molecule has 3 heterocycles. The molecule has 1 aromatic heterocycles. The number of ether oxygens (including phenoxy) is 4. The summed E-state index contributed by atoms with van der Waals surface area (Å²) < 4.78 is 61.8. The van der Waals surface area contributed by atoms with Crippen molar-refractivity contribution in [2.75, 3.05) is 13.2 Å². The maximum atomic E-state index is 14.5. The Morgan fingerprint density at radius 3 is 2.40 bits per heavy atom. The first-order valence-corrected chi connectivity index (χ1v) is 17.5. The van der Waals surface area contributed by atoms with Gasteiger partial charge in [-0.05, 0) is 76.3 Å². The summed E-state index contributed by atoms with van der Waals surface area (Å²) in [4.78, 5) is 52.4. The zero-order valence-corrected chi connectivity index (χ0v) is 29.9. The fraction of sp³-hybridized carbons (Fsp3) is 0.694. The summed E-state index contributed by atoms with van der Waals surface area (Å²) in [6, 6.07) is 2.32. The van der Waals surface area contributed by atoms with Crippen molar-refractivity contribution in [2.45, 2.75) is 129 Å². The molecule has 0 radical (unpaired) electrons. The summed E-state index contributed by atoms with van der Waals surface area (Å²) in [6.45, 7) is 11.2. The third-order valence-electron chi connectivity index (χ3n) is 9.31. The van der Waals surface area contributed by atoms with Crippen LogP contribution in [0.2, 0.25) is 0 Å². The first-order valence-electron chi connectivity index (χ1n) is 17.5. The number of aromatic nitrogens is 2. The highest BCUT2D eigenvalue weighted by Crippen LogP contribution is 2.39. The number of alkyl carbamates (subject to hydrolysis) is 1. The highest BCUT2D eigenvalue weighted by Gasteiger charge is 2.53. The molecular weight excluding hydrogens is 657 g/mol. The van der Waals surface area contributed by atoms with Crippen LogP contribution in [0.1, 0.15) is 92.7 Å². The summed E-state index contributed by atoms with van der Waals surface area (Å²) in [5.41, 5.74) is -0.267. The number of nitrogens with zero attached hydrogens (tertiary/aromatic N) is 3. The van der Waals surface area contributed by atoms with Crippen LogP contribution in [0.3, 0.4) is 0 Å². The molecule has 2 fully saturated rings. The van der Waals surface area contributed by atoms with E-state index in [2.05, 4.69) is 5.32 Å². The van der Waals surface area contributed by atoms with E-state index in [0.717, 1.165) is 32.1 Å². The number of amides is 2. The van der Waals surface area contributed by atoms with Gasteiger partial charge in [0.1, 0.15) is 41.3 Å². The SMILES string of the molecule is CCC1C2CN(C(=O)C(C(C)(C)C)NC(=O)OC3CC3CCCCCc3nc4ccc(OCC(F)(F)F)cc4nc3O2)C1C(=O)OC(C)(C)C. The highest BCUT2D eigenvalue weighted by atomic mass is 19.4. The summed E-state index contributed by atoms with van der Waals surface area (Å²) in [6.07, 6.45) is -0.952. The molecule has 2 bridgehead atoms.